The van der Waals surface area contributed by atoms with Crippen molar-refractivity contribution in [3.8, 4) is 0 Å². The molecule has 0 saturated carbocycles. The maximum Gasteiger partial charge on any atom is 0.243 e. The summed E-state index contributed by atoms with van der Waals surface area (Å²) in [5.41, 5.74) is 15.9. The van der Waals surface area contributed by atoms with E-state index in [-0.39, 0.29) is 54.9 Å². The molecule has 6 aromatic rings. The molecule has 0 unspecified atom stereocenters. The number of hydrogen-bond acceptors (Lipinski definition) is 9. The van der Waals surface area contributed by atoms with E-state index in [0.717, 1.165) is 26.6 Å². The first-order valence-electron chi connectivity index (χ1n) is 18.0. The molecule has 0 radical (unpaired) electrons. The minimum absolute atomic E-state index is 0.0738. The summed E-state index contributed by atoms with van der Waals surface area (Å²) < 4.78 is 0.842. The molecule has 2 aromatic heterocycles. The standard InChI is InChI=1S/C41H42N8O4S2/c42-41(43)44-21-9-17-32(37(51)40-49-31-16-6-7-18-35(31)55-40)47-38(52)33(22-28-14-8-13-27-12-4-5-15-30(27)28)48-39(53)34(23-29-24-54-25-45-29)46-36(50)20-19-26-10-2-1-3-11-26/h1-8,10-16,18,24-25,32-34H,9,17,19-23H2,(H,46,50)(H,47,52)(H,48,53)(H4,42,43,44)/t32-,33-,34-/m0/s1. The van der Waals surface area contributed by atoms with Gasteiger partial charge < -0.3 is 27.4 Å². The van der Waals surface area contributed by atoms with Gasteiger partial charge in [0.2, 0.25) is 23.5 Å². The highest BCUT2D eigenvalue weighted by atomic mass is 32.1. The number of Topliss-reactive ketones (excluding diaryl/α,β-unsaturated/α-hetero) is 1. The van der Waals surface area contributed by atoms with E-state index in [1.807, 2.05) is 102 Å². The smallest absolute Gasteiger partial charge is 0.243 e. The minimum atomic E-state index is -1.12. The Labute approximate surface area is 326 Å². The topological polar surface area (TPSA) is 195 Å². The molecule has 4 aromatic carbocycles. The monoisotopic (exact) mass is 774 g/mol. The molecule has 2 heterocycles. The summed E-state index contributed by atoms with van der Waals surface area (Å²) in [5.74, 6) is -1.86. The van der Waals surface area contributed by atoms with Crippen LogP contribution < -0.4 is 27.4 Å². The van der Waals surface area contributed by atoms with Gasteiger partial charge in [0.25, 0.3) is 0 Å². The van der Waals surface area contributed by atoms with Gasteiger partial charge >= 0.3 is 0 Å². The van der Waals surface area contributed by atoms with Crippen LogP contribution in [-0.4, -0.2) is 64.1 Å². The van der Waals surface area contributed by atoms with Crippen molar-refractivity contribution >= 4 is 73.1 Å². The second kappa shape index (κ2) is 18.9. The number of thiazole rings is 2. The van der Waals surface area contributed by atoms with Gasteiger partial charge in [-0.05, 0) is 53.3 Å². The number of nitrogens with two attached hydrogens (primary N) is 2. The molecule has 3 amide bonds. The summed E-state index contributed by atoms with van der Waals surface area (Å²) in [6.45, 7) is 0.250. The third-order valence-electron chi connectivity index (χ3n) is 9.05. The third-order valence-corrected chi connectivity index (χ3v) is 10.7. The number of hydrogen-bond donors (Lipinski definition) is 5. The normalized spacial score (nSPS) is 12.7. The summed E-state index contributed by atoms with van der Waals surface area (Å²) in [5, 5.41) is 12.7. The van der Waals surface area contributed by atoms with Crippen molar-refractivity contribution in [2.45, 2.75) is 56.7 Å². The van der Waals surface area contributed by atoms with Crippen LogP contribution in [0.3, 0.4) is 0 Å². The molecule has 0 spiro atoms. The lowest BCUT2D eigenvalue weighted by atomic mass is 9.97. The van der Waals surface area contributed by atoms with Gasteiger partial charge in [0.1, 0.15) is 12.1 Å². The Bertz CT molecular complexity index is 2230. The van der Waals surface area contributed by atoms with Crippen LogP contribution in [0.5, 0.6) is 0 Å². The number of aryl methyl sites for hydroxylation is 1. The quantitative estimate of drug-likeness (QED) is 0.0358. The molecule has 282 valence electrons. The van der Waals surface area contributed by atoms with Crippen LogP contribution in [-0.2, 0) is 33.6 Å². The van der Waals surface area contributed by atoms with E-state index in [9.17, 15) is 19.2 Å². The maximum atomic E-state index is 14.4. The number of ketones is 1. The van der Waals surface area contributed by atoms with Crippen molar-refractivity contribution in [1.82, 2.24) is 25.9 Å². The molecule has 7 N–H and O–H groups in total. The van der Waals surface area contributed by atoms with Gasteiger partial charge in [-0.15, -0.1) is 22.7 Å². The van der Waals surface area contributed by atoms with Gasteiger partial charge in [-0.3, -0.25) is 24.2 Å². The average molecular weight is 775 g/mol. The molecule has 0 aliphatic heterocycles. The molecule has 0 bridgehead atoms. The Balaban J connectivity index is 1.27. The van der Waals surface area contributed by atoms with Crippen LogP contribution in [0, 0.1) is 0 Å². The molecular weight excluding hydrogens is 733 g/mol. The molecular formula is C41H42N8O4S2. The van der Waals surface area contributed by atoms with Crippen molar-refractivity contribution in [3.05, 3.63) is 130 Å². The van der Waals surface area contributed by atoms with Crippen molar-refractivity contribution < 1.29 is 19.2 Å². The van der Waals surface area contributed by atoms with E-state index in [1.54, 1.807) is 5.51 Å². The van der Waals surface area contributed by atoms with E-state index in [1.165, 1.54) is 22.7 Å². The molecule has 0 fully saturated rings. The molecule has 6 rings (SSSR count). The maximum absolute atomic E-state index is 14.4. The van der Waals surface area contributed by atoms with E-state index in [0.29, 0.717) is 24.1 Å². The van der Waals surface area contributed by atoms with E-state index < -0.39 is 29.9 Å². The van der Waals surface area contributed by atoms with E-state index in [4.69, 9.17) is 11.5 Å². The zero-order valence-electron chi connectivity index (χ0n) is 30.0. The van der Waals surface area contributed by atoms with Crippen LogP contribution in [0.1, 0.15) is 45.9 Å². The Morgan fingerprint density at radius 3 is 2.24 bits per heavy atom. The highest BCUT2D eigenvalue weighted by Crippen LogP contribution is 2.24. The first kappa shape index (κ1) is 38.7. The average Bonchev–Trinajstić information content (AvgIpc) is 3.88. The Morgan fingerprint density at radius 1 is 0.764 bits per heavy atom. The highest BCUT2D eigenvalue weighted by Gasteiger charge is 2.32. The number of amides is 3. The predicted octanol–water partition coefficient (Wildman–Crippen LogP) is 4.71. The van der Waals surface area contributed by atoms with Crippen LogP contribution >= 0.6 is 22.7 Å². The van der Waals surface area contributed by atoms with Crippen LogP contribution in [0.15, 0.2) is 113 Å². The lowest BCUT2D eigenvalue weighted by molar-refractivity contribution is -0.132. The zero-order valence-corrected chi connectivity index (χ0v) is 31.7. The van der Waals surface area contributed by atoms with Gasteiger partial charge in [-0.25, -0.2) is 9.97 Å². The van der Waals surface area contributed by atoms with E-state index >= 15 is 0 Å². The number of aromatic nitrogens is 2. The number of carbonyl (C=O) groups excluding carboxylic acids is 4. The van der Waals surface area contributed by atoms with Crippen molar-refractivity contribution in [1.29, 1.82) is 0 Å². The van der Waals surface area contributed by atoms with Gasteiger partial charge in [0.15, 0.2) is 11.0 Å². The summed E-state index contributed by atoms with van der Waals surface area (Å²) in [6, 6.07) is 27.5. The Morgan fingerprint density at radius 2 is 1.47 bits per heavy atom. The van der Waals surface area contributed by atoms with Crippen molar-refractivity contribution in [3.63, 3.8) is 0 Å². The Kier molecular flexibility index (Phi) is 13.3. The fourth-order valence-corrected chi connectivity index (χ4v) is 7.80. The Hall–Kier alpha value is -5.99. The number of rotatable bonds is 18. The van der Waals surface area contributed by atoms with Crippen LogP contribution in [0.4, 0.5) is 0 Å². The predicted molar refractivity (Wildman–Crippen MR) is 218 cm³/mol. The summed E-state index contributed by atoms with van der Waals surface area (Å²) in [6.07, 6.45) is 1.51. The zero-order chi connectivity index (χ0) is 38.6. The second-order valence-electron chi connectivity index (χ2n) is 13.1. The van der Waals surface area contributed by atoms with Gasteiger partial charge in [0, 0.05) is 31.2 Å². The molecule has 0 aliphatic rings. The highest BCUT2D eigenvalue weighted by molar-refractivity contribution is 7.20. The number of fused-ring (bicyclic) bond motifs is 2. The third kappa shape index (κ3) is 10.8. The lowest BCUT2D eigenvalue weighted by Gasteiger charge is -2.25. The fourth-order valence-electron chi connectivity index (χ4n) is 6.27. The van der Waals surface area contributed by atoms with Crippen molar-refractivity contribution in [2.75, 3.05) is 6.54 Å². The first-order chi connectivity index (χ1) is 26.7. The molecule has 55 heavy (non-hydrogen) atoms. The summed E-state index contributed by atoms with van der Waals surface area (Å²) in [7, 11) is 0. The number of aliphatic imine (C=N–C) groups is 1. The minimum Gasteiger partial charge on any atom is -0.370 e. The molecule has 12 nitrogen and oxygen atoms in total. The number of benzene rings is 4. The summed E-state index contributed by atoms with van der Waals surface area (Å²) in [4.78, 5) is 68.9. The molecule has 14 heteroatoms. The second-order valence-corrected chi connectivity index (χ2v) is 14.8. The number of nitrogens with zero attached hydrogens (tertiary/aromatic N) is 3. The summed E-state index contributed by atoms with van der Waals surface area (Å²) >= 11 is 2.63. The van der Waals surface area contributed by atoms with Crippen molar-refractivity contribution in [2.24, 2.45) is 16.5 Å². The molecule has 3 atom stereocenters. The number of guanidine groups is 1. The number of para-hydroxylation sites is 1. The number of nitrogens with one attached hydrogen (secondary N) is 3. The van der Waals surface area contributed by atoms with Crippen LogP contribution in [0.2, 0.25) is 0 Å². The largest absolute Gasteiger partial charge is 0.370 e. The number of carbonyl (C=O) groups is 4. The van der Waals surface area contributed by atoms with E-state index in [2.05, 4.69) is 30.9 Å². The fraction of sp³-hybridized carbons (Fsp3) is 0.244. The van der Waals surface area contributed by atoms with Gasteiger partial charge in [0.05, 0.1) is 27.5 Å². The molecule has 0 saturated heterocycles. The first-order valence-corrected chi connectivity index (χ1v) is 19.7. The van der Waals surface area contributed by atoms with Gasteiger partial charge in [-0.2, -0.15) is 0 Å². The van der Waals surface area contributed by atoms with Crippen LogP contribution in [0.25, 0.3) is 21.0 Å². The van der Waals surface area contributed by atoms with Gasteiger partial charge in [-0.1, -0.05) is 84.9 Å². The molecule has 0 aliphatic carbocycles. The SMILES string of the molecule is NC(N)=NCCC[C@H](NC(=O)[C@H](Cc1cccc2ccccc12)NC(=O)[C@H](Cc1cscn1)NC(=O)CCc1ccccc1)C(=O)c1nc2ccccc2s1. The lowest BCUT2D eigenvalue weighted by Crippen LogP contribution is -2.57.